The van der Waals surface area contributed by atoms with Crippen LogP contribution in [-0.2, 0) is 5.66 Å². The van der Waals surface area contributed by atoms with Gasteiger partial charge in [0.15, 0.2) is 0 Å². The minimum atomic E-state index is -4.57. The van der Waals surface area contributed by atoms with E-state index < -0.39 is 17.9 Å². The van der Waals surface area contributed by atoms with Crippen molar-refractivity contribution in [2.75, 3.05) is 19.7 Å². The Morgan fingerprint density at radius 2 is 1.76 bits per heavy atom. The van der Waals surface area contributed by atoms with Crippen molar-refractivity contribution >= 4 is 6.09 Å². The fourth-order valence-electron chi connectivity index (χ4n) is 2.31. The summed E-state index contributed by atoms with van der Waals surface area (Å²) in [5.74, 6) is 0.350. The SMILES string of the molecule is CC(C)(C)CN(CCOc1ccc(C2(C(F)(F)F)N=N2)cc1)C(=O)O. The standard InChI is InChI=1S/C16H20F3N3O3/c1-14(2,3)10-22(13(23)24)8-9-25-12-6-4-11(5-7-12)15(20-21-15)16(17,18)19/h4-7H,8-10H2,1-3H3,(H,23,24). The summed E-state index contributed by atoms with van der Waals surface area (Å²) in [4.78, 5) is 12.5. The van der Waals surface area contributed by atoms with Crippen LogP contribution in [0.3, 0.4) is 0 Å². The van der Waals surface area contributed by atoms with Gasteiger partial charge in [-0.05, 0) is 17.5 Å². The number of alkyl halides is 3. The van der Waals surface area contributed by atoms with Gasteiger partial charge in [-0.25, -0.2) is 4.79 Å². The number of ether oxygens (including phenoxy) is 1. The van der Waals surface area contributed by atoms with Gasteiger partial charge >= 0.3 is 17.9 Å². The zero-order valence-corrected chi connectivity index (χ0v) is 14.2. The Hall–Kier alpha value is -2.32. The van der Waals surface area contributed by atoms with Crippen LogP contribution in [0.1, 0.15) is 26.3 Å². The summed E-state index contributed by atoms with van der Waals surface area (Å²) in [5, 5.41) is 15.4. The third-order valence-electron chi connectivity index (χ3n) is 3.52. The second kappa shape index (κ2) is 6.53. The normalized spacial score (nSPS) is 15.8. The molecular formula is C16H20F3N3O3. The number of rotatable bonds is 6. The molecule has 0 radical (unpaired) electrons. The minimum Gasteiger partial charge on any atom is -0.492 e. The highest BCUT2D eigenvalue weighted by Crippen LogP contribution is 2.52. The van der Waals surface area contributed by atoms with Crippen LogP contribution >= 0.6 is 0 Å². The molecule has 9 heteroatoms. The van der Waals surface area contributed by atoms with Crippen LogP contribution in [0.15, 0.2) is 34.5 Å². The number of benzene rings is 1. The van der Waals surface area contributed by atoms with E-state index in [9.17, 15) is 23.1 Å². The molecule has 25 heavy (non-hydrogen) atoms. The van der Waals surface area contributed by atoms with Crippen molar-refractivity contribution in [3.8, 4) is 5.75 Å². The maximum atomic E-state index is 12.9. The largest absolute Gasteiger partial charge is 0.492 e. The number of hydrogen-bond acceptors (Lipinski definition) is 4. The Bertz CT molecular complexity index is 645. The molecule has 0 atom stereocenters. The molecule has 1 heterocycles. The van der Waals surface area contributed by atoms with Gasteiger partial charge in [0.2, 0.25) is 0 Å². The third kappa shape index (κ3) is 4.61. The first-order valence-corrected chi connectivity index (χ1v) is 7.67. The van der Waals surface area contributed by atoms with Crippen molar-refractivity contribution in [1.29, 1.82) is 0 Å². The van der Waals surface area contributed by atoms with Gasteiger partial charge in [0.05, 0.1) is 6.54 Å². The van der Waals surface area contributed by atoms with E-state index in [4.69, 9.17) is 4.74 Å². The van der Waals surface area contributed by atoms with Crippen LogP contribution in [0.5, 0.6) is 5.75 Å². The molecule has 0 saturated heterocycles. The van der Waals surface area contributed by atoms with Gasteiger partial charge in [-0.2, -0.15) is 13.2 Å². The average molecular weight is 359 g/mol. The van der Waals surface area contributed by atoms with Crippen molar-refractivity contribution in [3.05, 3.63) is 29.8 Å². The van der Waals surface area contributed by atoms with Crippen molar-refractivity contribution in [2.45, 2.75) is 32.6 Å². The Morgan fingerprint density at radius 1 is 1.20 bits per heavy atom. The van der Waals surface area contributed by atoms with Crippen molar-refractivity contribution in [1.82, 2.24) is 4.90 Å². The zero-order valence-electron chi connectivity index (χ0n) is 14.2. The van der Waals surface area contributed by atoms with E-state index in [1.807, 2.05) is 20.8 Å². The fourth-order valence-corrected chi connectivity index (χ4v) is 2.31. The number of nitrogens with zero attached hydrogens (tertiary/aromatic N) is 3. The monoisotopic (exact) mass is 359 g/mol. The fraction of sp³-hybridized carbons (Fsp3) is 0.562. The van der Waals surface area contributed by atoms with Gasteiger partial charge in [0.25, 0.3) is 0 Å². The molecule has 1 aromatic rings. The van der Waals surface area contributed by atoms with Crippen molar-refractivity contribution in [3.63, 3.8) is 0 Å². The first-order chi connectivity index (χ1) is 11.4. The Kier molecular flexibility index (Phi) is 4.97. The topological polar surface area (TPSA) is 74.5 Å². The molecule has 0 aliphatic carbocycles. The maximum absolute atomic E-state index is 12.9. The van der Waals surface area contributed by atoms with E-state index in [0.717, 1.165) is 0 Å². The second-order valence-corrected chi connectivity index (χ2v) is 7.01. The number of halogens is 3. The summed E-state index contributed by atoms with van der Waals surface area (Å²) in [7, 11) is 0. The quantitative estimate of drug-likeness (QED) is 0.824. The Balaban J connectivity index is 1.91. The molecular weight excluding hydrogens is 339 g/mol. The highest BCUT2D eigenvalue weighted by Gasteiger charge is 2.65. The molecule has 0 fully saturated rings. The smallest absolute Gasteiger partial charge is 0.442 e. The number of amides is 1. The summed E-state index contributed by atoms with van der Waals surface area (Å²) in [6, 6.07) is 5.29. The second-order valence-electron chi connectivity index (χ2n) is 7.01. The predicted octanol–water partition coefficient (Wildman–Crippen LogP) is 4.27. The van der Waals surface area contributed by atoms with Crippen LogP contribution < -0.4 is 4.74 Å². The number of hydrogen-bond donors (Lipinski definition) is 1. The number of carbonyl (C=O) groups is 1. The van der Waals surface area contributed by atoms with Crippen LogP contribution in [0.25, 0.3) is 0 Å². The van der Waals surface area contributed by atoms with E-state index >= 15 is 0 Å². The van der Waals surface area contributed by atoms with E-state index in [-0.39, 0.29) is 24.1 Å². The zero-order chi connectivity index (χ0) is 18.9. The molecule has 2 rings (SSSR count). The highest BCUT2D eigenvalue weighted by atomic mass is 19.4. The Morgan fingerprint density at radius 3 is 2.16 bits per heavy atom. The van der Waals surface area contributed by atoms with Crippen LogP contribution in [0.4, 0.5) is 18.0 Å². The summed E-state index contributed by atoms with van der Waals surface area (Å²) in [6.45, 7) is 6.38. The maximum Gasteiger partial charge on any atom is 0.442 e. The predicted molar refractivity (Wildman–Crippen MR) is 83.6 cm³/mol. The lowest BCUT2D eigenvalue weighted by molar-refractivity contribution is -0.166. The van der Waals surface area contributed by atoms with E-state index in [2.05, 4.69) is 10.2 Å². The van der Waals surface area contributed by atoms with Crippen LogP contribution in [-0.4, -0.2) is 42.0 Å². The first kappa shape index (κ1) is 19.0. The molecule has 1 aliphatic rings. The molecule has 0 saturated carbocycles. The van der Waals surface area contributed by atoms with Crippen LogP contribution in [0, 0.1) is 5.41 Å². The molecule has 1 aliphatic heterocycles. The van der Waals surface area contributed by atoms with Gasteiger partial charge in [0.1, 0.15) is 12.4 Å². The molecule has 6 nitrogen and oxygen atoms in total. The van der Waals surface area contributed by atoms with Gasteiger partial charge in [-0.3, -0.25) is 0 Å². The lowest BCUT2D eigenvalue weighted by Crippen LogP contribution is -2.39. The molecule has 1 N–H and O–H groups in total. The summed E-state index contributed by atoms with van der Waals surface area (Å²) < 4.78 is 44.1. The highest BCUT2D eigenvalue weighted by molar-refractivity contribution is 5.65. The van der Waals surface area contributed by atoms with Crippen LogP contribution in [0.2, 0.25) is 0 Å². The van der Waals surface area contributed by atoms with Gasteiger partial charge in [0, 0.05) is 12.1 Å². The molecule has 0 spiro atoms. The molecule has 0 aromatic heterocycles. The summed E-state index contributed by atoms with van der Waals surface area (Å²) >= 11 is 0. The third-order valence-corrected chi connectivity index (χ3v) is 3.52. The van der Waals surface area contributed by atoms with Gasteiger partial charge in [-0.1, -0.05) is 32.9 Å². The van der Waals surface area contributed by atoms with E-state index in [1.54, 1.807) is 0 Å². The Labute approximate surface area is 143 Å². The molecule has 1 amide bonds. The minimum absolute atomic E-state index is 0.0766. The van der Waals surface area contributed by atoms with Gasteiger partial charge < -0.3 is 14.7 Å². The number of carboxylic acid groups (broad SMARTS) is 1. The molecule has 1 aromatic carbocycles. The van der Waals surface area contributed by atoms with Gasteiger partial charge in [-0.15, -0.1) is 10.2 Å². The molecule has 0 bridgehead atoms. The lowest BCUT2D eigenvalue weighted by Gasteiger charge is -2.27. The van der Waals surface area contributed by atoms with Crippen molar-refractivity contribution in [2.24, 2.45) is 15.6 Å². The van der Waals surface area contributed by atoms with E-state index in [0.29, 0.717) is 12.3 Å². The first-order valence-electron chi connectivity index (χ1n) is 7.67. The molecule has 0 unspecified atom stereocenters. The summed E-state index contributed by atoms with van der Waals surface area (Å²) in [5.41, 5.74) is -2.71. The van der Waals surface area contributed by atoms with Crippen molar-refractivity contribution < 1.29 is 27.8 Å². The lowest BCUT2D eigenvalue weighted by atomic mass is 9.96. The summed E-state index contributed by atoms with van der Waals surface area (Å²) in [6.07, 6.45) is -5.61. The molecule has 138 valence electrons. The van der Waals surface area contributed by atoms with E-state index in [1.165, 1.54) is 29.2 Å². The average Bonchev–Trinajstić information content (AvgIpc) is 3.27.